The van der Waals surface area contributed by atoms with E-state index >= 15 is 0 Å². The number of hydrogen-bond acceptors (Lipinski definition) is 4. The van der Waals surface area contributed by atoms with E-state index < -0.39 is 0 Å². The highest BCUT2D eigenvalue weighted by molar-refractivity contribution is 5.79. The maximum absolute atomic E-state index is 12.7. The summed E-state index contributed by atoms with van der Waals surface area (Å²) in [5.74, 6) is 1.18. The number of aryl methyl sites for hydroxylation is 1. The Balaban J connectivity index is 1.67. The van der Waals surface area contributed by atoms with Crippen LogP contribution < -0.4 is 4.90 Å². The van der Waals surface area contributed by atoms with Crippen molar-refractivity contribution in [3.8, 4) is 11.3 Å². The Kier molecular flexibility index (Phi) is 6.43. The highest BCUT2D eigenvalue weighted by Crippen LogP contribution is 2.25. The van der Waals surface area contributed by atoms with Crippen LogP contribution in [0.2, 0.25) is 0 Å². The van der Waals surface area contributed by atoms with Crippen molar-refractivity contribution in [3.05, 3.63) is 42.0 Å². The third-order valence-corrected chi connectivity index (χ3v) is 5.39. The van der Waals surface area contributed by atoms with Crippen LogP contribution in [0.3, 0.4) is 0 Å². The summed E-state index contributed by atoms with van der Waals surface area (Å²) in [5.41, 5.74) is 3.19. The minimum Gasteiger partial charge on any atom is -0.354 e. The van der Waals surface area contributed by atoms with Crippen molar-refractivity contribution in [1.82, 2.24) is 15.1 Å². The molecule has 5 nitrogen and oxygen atoms in total. The van der Waals surface area contributed by atoms with Crippen LogP contribution in [0.5, 0.6) is 0 Å². The van der Waals surface area contributed by atoms with Gasteiger partial charge in [-0.05, 0) is 43.9 Å². The number of carbonyl (C=O) groups excluding carboxylic acids is 1. The molecule has 1 amide bonds. The number of hydrogen-bond donors (Lipinski definition) is 0. The molecule has 0 N–H and O–H groups in total. The van der Waals surface area contributed by atoms with Gasteiger partial charge in [-0.2, -0.15) is 0 Å². The molecule has 1 unspecified atom stereocenters. The lowest BCUT2D eigenvalue weighted by molar-refractivity contribution is -0.134. The summed E-state index contributed by atoms with van der Waals surface area (Å²) in [5, 5.41) is 8.90. The topological polar surface area (TPSA) is 49.3 Å². The number of carbonyl (C=O) groups is 1. The van der Waals surface area contributed by atoms with E-state index in [0.29, 0.717) is 0 Å². The zero-order chi connectivity index (χ0) is 19.2. The van der Waals surface area contributed by atoms with Gasteiger partial charge in [-0.15, -0.1) is 10.2 Å². The number of unbranched alkanes of at least 4 members (excludes halogenated alkanes) is 1. The highest BCUT2D eigenvalue weighted by atomic mass is 16.2. The van der Waals surface area contributed by atoms with Gasteiger partial charge >= 0.3 is 0 Å². The van der Waals surface area contributed by atoms with Gasteiger partial charge in [0.15, 0.2) is 5.82 Å². The second kappa shape index (κ2) is 8.98. The molecule has 1 aromatic carbocycles. The van der Waals surface area contributed by atoms with Crippen molar-refractivity contribution in [3.63, 3.8) is 0 Å². The minimum absolute atomic E-state index is 0.0541. The summed E-state index contributed by atoms with van der Waals surface area (Å²) in [6, 6.07) is 12.3. The van der Waals surface area contributed by atoms with E-state index in [9.17, 15) is 4.79 Å². The molecule has 1 aliphatic heterocycles. The molecule has 0 spiro atoms. The molecule has 0 radical (unpaired) electrons. The third-order valence-electron chi connectivity index (χ3n) is 5.39. The van der Waals surface area contributed by atoms with Crippen LogP contribution >= 0.6 is 0 Å². The maximum Gasteiger partial charge on any atom is 0.227 e. The van der Waals surface area contributed by atoms with Gasteiger partial charge in [-0.25, -0.2) is 0 Å². The first-order valence-corrected chi connectivity index (χ1v) is 9.99. The third kappa shape index (κ3) is 4.65. The Morgan fingerprint density at radius 2 is 2.04 bits per heavy atom. The maximum atomic E-state index is 12.7. The van der Waals surface area contributed by atoms with E-state index in [2.05, 4.69) is 41.1 Å². The summed E-state index contributed by atoms with van der Waals surface area (Å²) in [6.07, 6.45) is 4.14. The van der Waals surface area contributed by atoms with Crippen LogP contribution in [-0.4, -0.2) is 47.7 Å². The number of amides is 1. The van der Waals surface area contributed by atoms with Crippen molar-refractivity contribution in [2.24, 2.45) is 5.92 Å². The molecule has 2 aromatic rings. The van der Waals surface area contributed by atoms with Crippen molar-refractivity contribution < 1.29 is 4.79 Å². The van der Waals surface area contributed by atoms with Crippen LogP contribution in [0.15, 0.2) is 36.4 Å². The average Bonchev–Trinajstić information content (AvgIpc) is 2.72. The first kappa shape index (κ1) is 19.3. The first-order chi connectivity index (χ1) is 13.1. The summed E-state index contributed by atoms with van der Waals surface area (Å²) in [7, 11) is 1.92. The molecular formula is C22H30N4O. The second-order valence-corrected chi connectivity index (χ2v) is 7.49. The first-order valence-electron chi connectivity index (χ1n) is 9.99. The van der Waals surface area contributed by atoms with Crippen LogP contribution in [0, 0.1) is 12.8 Å². The SMILES string of the molecule is CCCCN(C)C(=O)C1CCCN(c2ccc(-c3ccccc3C)nn2)C1. The van der Waals surface area contributed by atoms with Gasteiger partial charge < -0.3 is 9.80 Å². The lowest BCUT2D eigenvalue weighted by Crippen LogP contribution is -2.44. The van der Waals surface area contributed by atoms with Crippen molar-refractivity contribution in [2.45, 2.75) is 39.5 Å². The molecule has 3 rings (SSSR count). The summed E-state index contributed by atoms with van der Waals surface area (Å²) in [6.45, 7) is 6.74. The Morgan fingerprint density at radius 1 is 1.22 bits per heavy atom. The van der Waals surface area contributed by atoms with Crippen LogP contribution in [0.4, 0.5) is 5.82 Å². The zero-order valence-electron chi connectivity index (χ0n) is 16.7. The molecule has 1 fully saturated rings. The Morgan fingerprint density at radius 3 is 2.74 bits per heavy atom. The fourth-order valence-electron chi connectivity index (χ4n) is 3.70. The summed E-state index contributed by atoms with van der Waals surface area (Å²) >= 11 is 0. The van der Waals surface area contributed by atoms with Crippen LogP contribution in [0.1, 0.15) is 38.2 Å². The molecule has 1 aromatic heterocycles. The lowest BCUT2D eigenvalue weighted by atomic mass is 9.96. The molecule has 1 saturated heterocycles. The van der Waals surface area contributed by atoms with E-state index in [1.54, 1.807) is 0 Å². The molecule has 5 heteroatoms. The number of piperidine rings is 1. The monoisotopic (exact) mass is 366 g/mol. The molecule has 27 heavy (non-hydrogen) atoms. The van der Waals surface area contributed by atoms with Gasteiger partial charge in [0.05, 0.1) is 11.6 Å². The van der Waals surface area contributed by atoms with Gasteiger partial charge in [-0.3, -0.25) is 4.79 Å². The molecule has 1 aliphatic rings. The smallest absolute Gasteiger partial charge is 0.227 e. The molecular weight excluding hydrogens is 336 g/mol. The fraction of sp³-hybridized carbons (Fsp3) is 0.500. The molecule has 2 heterocycles. The summed E-state index contributed by atoms with van der Waals surface area (Å²) < 4.78 is 0. The van der Waals surface area contributed by atoms with Crippen LogP contribution in [0.25, 0.3) is 11.3 Å². The largest absolute Gasteiger partial charge is 0.354 e. The number of benzene rings is 1. The van der Waals surface area contributed by atoms with Gasteiger partial charge in [0.1, 0.15) is 0 Å². The standard InChI is InChI=1S/C22H30N4O/c1-4-5-14-25(3)22(27)18-10-8-15-26(16-18)21-13-12-20(23-24-21)19-11-7-6-9-17(19)2/h6-7,9,11-13,18H,4-5,8,10,14-16H2,1-3H3. The van der Waals surface area contributed by atoms with Gasteiger partial charge in [0.25, 0.3) is 0 Å². The van der Waals surface area contributed by atoms with E-state index in [1.165, 1.54) is 5.56 Å². The Bertz CT molecular complexity index is 759. The average molecular weight is 367 g/mol. The Hall–Kier alpha value is -2.43. The van der Waals surface area contributed by atoms with Crippen LogP contribution in [-0.2, 0) is 4.79 Å². The number of aromatic nitrogens is 2. The van der Waals surface area contributed by atoms with Crippen molar-refractivity contribution in [1.29, 1.82) is 0 Å². The number of nitrogens with zero attached hydrogens (tertiary/aromatic N) is 4. The predicted octanol–water partition coefficient (Wildman–Crippen LogP) is 3.93. The minimum atomic E-state index is 0.0541. The molecule has 0 aliphatic carbocycles. The summed E-state index contributed by atoms with van der Waals surface area (Å²) in [4.78, 5) is 16.8. The molecule has 0 bridgehead atoms. The van der Waals surface area contributed by atoms with E-state index in [0.717, 1.165) is 62.4 Å². The van der Waals surface area contributed by atoms with Crippen molar-refractivity contribution >= 4 is 11.7 Å². The molecule has 0 saturated carbocycles. The quantitative estimate of drug-likeness (QED) is 0.777. The molecule has 1 atom stereocenters. The lowest BCUT2D eigenvalue weighted by Gasteiger charge is -2.34. The Labute approximate surface area is 162 Å². The second-order valence-electron chi connectivity index (χ2n) is 7.49. The van der Waals surface area contributed by atoms with Crippen molar-refractivity contribution in [2.75, 3.05) is 31.6 Å². The number of anilines is 1. The molecule has 144 valence electrons. The number of rotatable bonds is 6. The van der Waals surface area contributed by atoms with Gasteiger partial charge in [0, 0.05) is 32.2 Å². The zero-order valence-corrected chi connectivity index (χ0v) is 16.7. The van der Waals surface area contributed by atoms with Gasteiger partial charge in [0.2, 0.25) is 5.91 Å². The van der Waals surface area contributed by atoms with E-state index in [4.69, 9.17) is 0 Å². The highest BCUT2D eigenvalue weighted by Gasteiger charge is 2.28. The fourth-order valence-corrected chi connectivity index (χ4v) is 3.70. The van der Waals surface area contributed by atoms with E-state index in [-0.39, 0.29) is 11.8 Å². The van der Waals surface area contributed by atoms with E-state index in [1.807, 2.05) is 36.2 Å². The normalized spacial score (nSPS) is 17.0. The predicted molar refractivity (Wildman–Crippen MR) is 110 cm³/mol. The van der Waals surface area contributed by atoms with Gasteiger partial charge in [-0.1, -0.05) is 37.6 Å².